The minimum absolute atomic E-state index is 0.270. The SMILES string of the molecule is C/C=C/CCC1OC(C)(C)OC1CC. The average Bonchev–Trinajstić information content (AvgIpc) is 2.41. The van der Waals surface area contributed by atoms with E-state index in [-0.39, 0.29) is 18.0 Å². The molecule has 82 valence electrons. The van der Waals surface area contributed by atoms with Gasteiger partial charge in [-0.3, -0.25) is 0 Å². The van der Waals surface area contributed by atoms with Gasteiger partial charge in [-0.2, -0.15) is 0 Å². The smallest absolute Gasteiger partial charge is 0.163 e. The minimum atomic E-state index is -0.388. The van der Waals surface area contributed by atoms with E-state index in [1.165, 1.54) is 0 Å². The van der Waals surface area contributed by atoms with Gasteiger partial charge in [0.1, 0.15) is 0 Å². The third-order valence-electron chi connectivity index (χ3n) is 2.54. The van der Waals surface area contributed by atoms with Gasteiger partial charge in [0.25, 0.3) is 0 Å². The Morgan fingerprint density at radius 2 is 1.86 bits per heavy atom. The van der Waals surface area contributed by atoms with E-state index in [0.29, 0.717) is 0 Å². The summed E-state index contributed by atoms with van der Waals surface area (Å²) < 4.78 is 11.6. The Morgan fingerprint density at radius 3 is 2.43 bits per heavy atom. The number of hydrogen-bond acceptors (Lipinski definition) is 2. The van der Waals surface area contributed by atoms with E-state index in [1.807, 2.05) is 20.8 Å². The van der Waals surface area contributed by atoms with E-state index < -0.39 is 0 Å². The second-order valence-electron chi connectivity index (χ2n) is 4.27. The van der Waals surface area contributed by atoms with Gasteiger partial charge in [0.2, 0.25) is 0 Å². The van der Waals surface area contributed by atoms with Crippen LogP contribution in [0.3, 0.4) is 0 Å². The number of ether oxygens (including phenoxy) is 2. The van der Waals surface area contributed by atoms with Crippen LogP contribution < -0.4 is 0 Å². The second-order valence-corrected chi connectivity index (χ2v) is 4.27. The van der Waals surface area contributed by atoms with Crippen molar-refractivity contribution in [2.45, 2.75) is 65.0 Å². The van der Waals surface area contributed by atoms with Gasteiger partial charge >= 0.3 is 0 Å². The molecule has 1 fully saturated rings. The number of hydrogen-bond donors (Lipinski definition) is 0. The highest BCUT2D eigenvalue weighted by Crippen LogP contribution is 2.31. The first-order valence-electron chi connectivity index (χ1n) is 5.56. The molecular formula is C12H22O2. The molecule has 0 aromatic carbocycles. The molecule has 1 aliphatic rings. The molecule has 1 heterocycles. The molecule has 0 aliphatic carbocycles. The zero-order valence-electron chi connectivity index (χ0n) is 9.75. The Kier molecular flexibility index (Phi) is 4.14. The maximum absolute atomic E-state index is 5.84. The van der Waals surface area contributed by atoms with Crippen molar-refractivity contribution < 1.29 is 9.47 Å². The van der Waals surface area contributed by atoms with E-state index in [2.05, 4.69) is 19.1 Å². The standard InChI is InChI=1S/C12H22O2/c1-5-7-8-9-11-10(6-2)13-12(3,4)14-11/h5,7,10-11H,6,8-9H2,1-4H3/b7-5+. The van der Waals surface area contributed by atoms with E-state index in [1.54, 1.807) is 0 Å². The summed E-state index contributed by atoms with van der Waals surface area (Å²) >= 11 is 0. The third-order valence-corrected chi connectivity index (χ3v) is 2.54. The molecule has 0 aromatic rings. The van der Waals surface area contributed by atoms with Crippen molar-refractivity contribution in [1.82, 2.24) is 0 Å². The Hall–Kier alpha value is -0.340. The summed E-state index contributed by atoms with van der Waals surface area (Å²) in [7, 11) is 0. The fraction of sp³-hybridized carbons (Fsp3) is 0.833. The molecular weight excluding hydrogens is 176 g/mol. The van der Waals surface area contributed by atoms with Crippen molar-refractivity contribution >= 4 is 0 Å². The summed E-state index contributed by atoms with van der Waals surface area (Å²) in [4.78, 5) is 0. The monoisotopic (exact) mass is 198 g/mol. The van der Waals surface area contributed by atoms with Gasteiger partial charge in [-0.15, -0.1) is 0 Å². The van der Waals surface area contributed by atoms with E-state index in [4.69, 9.17) is 9.47 Å². The summed E-state index contributed by atoms with van der Waals surface area (Å²) in [5, 5.41) is 0. The lowest BCUT2D eigenvalue weighted by atomic mass is 10.1. The van der Waals surface area contributed by atoms with Gasteiger partial charge in [0, 0.05) is 0 Å². The number of allylic oxidation sites excluding steroid dienone is 2. The van der Waals surface area contributed by atoms with Crippen molar-refractivity contribution in [2.75, 3.05) is 0 Å². The molecule has 1 rings (SSSR count). The lowest BCUT2D eigenvalue weighted by molar-refractivity contribution is -0.146. The molecule has 2 atom stereocenters. The molecule has 0 aromatic heterocycles. The lowest BCUT2D eigenvalue weighted by Gasteiger charge is -2.16. The molecule has 0 spiro atoms. The van der Waals surface area contributed by atoms with Crippen LogP contribution in [-0.4, -0.2) is 18.0 Å². The summed E-state index contributed by atoms with van der Waals surface area (Å²) in [6.07, 6.45) is 7.98. The second kappa shape index (κ2) is 4.94. The van der Waals surface area contributed by atoms with Gasteiger partial charge < -0.3 is 9.47 Å². The largest absolute Gasteiger partial charge is 0.345 e. The van der Waals surface area contributed by atoms with Gasteiger partial charge in [0.05, 0.1) is 12.2 Å². The van der Waals surface area contributed by atoms with Crippen LogP contribution in [0.2, 0.25) is 0 Å². The summed E-state index contributed by atoms with van der Waals surface area (Å²) in [5.41, 5.74) is 0. The van der Waals surface area contributed by atoms with Crippen molar-refractivity contribution in [2.24, 2.45) is 0 Å². The molecule has 0 N–H and O–H groups in total. The first kappa shape index (κ1) is 11.7. The first-order valence-corrected chi connectivity index (χ1v) is 5.56. The zero-order valence-corrected chi connectivity index (χ0v) is 9.75. The Balaban J connectivity index is 2.43. The third kappa shape index (κ3) is 3.10. The minimum Gasteiger partial charge on any atom is -0.345 e. The first-order chi connectivity index (χ1) is 6.59. The van der Waals surface area contributed by atoms with Crippen LogP contribution in [0.1, 0.15) is 47.0 Å². The van der Waals surface area contributed by atoms with Crippen LogP contribution in [-0.2, 0) is 9.47 Å². The number of rotatable bonds is 4. The van der Waals surface area contributed by atoms with Crippen molar-refractivity contribution in [1.29, 1.82) is 0 Å². The van der Waals surface area contributed by atoms with Crippen LogP contribution in [0, 0.1) is 0 Å². The maximum atomic E-state index is 5.84. The van der Waals surface area contributed by atoms with Crippen molar-refractivity contribution in [3.63, 3.8) is 0 Å². The van der Waals surface area contributed by atoms with Crippen LogP contribution in [0.4, 0.5) is 0 Å². The van der Waals surface area contributed by atoms with Crippen molar-refractivity contribution in [3.8, 4) is 0 Å². The molecule has 2 nitrogen and oxygen atoms in total. The molecule has 2 heteroatoms. The quantitative estimate of drug-likeness (QED) is 0.645. The molecule has 2 unspecified atom stereocenters. The Morgan fingerprint density at radius 1 is 1.21 bits per heavy atom. The molecule has 0 amide bonds. The van der Waals surface area contributed by atoms with Crippen LogP contribution in [0.25, 0.3) is 0 Å². The topological polar surface area (TPSA) is 18.5 Å². The van der Waals surface area contributed by atoms with Gasteiger partial charge in [-0.05, 0) is 40.0 Å². The fourth-order valence-electron chi connectivity index (χ4n) is 1.93. The maximum Gasteiger partial charge on any atom is 0.163 e. The van der Waals surface area contributed by atoms with Crippen LogP contribution in [0.15, 0.2) is 12.2 Å². The highest BCUT2D eigenvalue weighted by Gasteiger charge is 2.39. The molecule has 0 radical (unpaired) electrons. The predicted molar refractivity (Wildman–Crippen MR) is 58.2 cm³/mol. The highest BCUT2D eigenvalue weighted by atomic mass is 16.7. The van der Waals surface area contributed by atoms with Gasteiger partial charge in [0.15, 0.2) is 5.79 Å². The average molecular weight is 198 g/mol. The molecule has 1 saturated heterocycles. The molecule has 14 heavy (non-hydrogen) atoms. The molecule has 0 bridgehead atoms. The normalized spacial score (nSPS) is 31.4. The summed E-state index contributed by atoms with van der Waals surface area (Å²) in [5.74, 6) is -0.388. The fourth-order valence-corrected chi connectivity index (χ4v) is 1.93. The van der Waals surface area contributed by atoms with Crippen LogP contribution in [0.5, 0.6) is 0 Å². The molecule has 1 aliphatic heterocycles. The van der Waals surface area contributed by atoms with Crippen molar-refractivity contribution in [3.05, 3.63) is 12.2 Å². The summed E-state index contributed by atoms with van der Waals surface area (Å²) in [6.45, 7) is 8.18. The van der Waals surface area contributed by atoms with Gasteiger partial charge in [-0.1, -0.05) is 19.1 Å². The van der Waals surface area contributed by atoms with E-state index in [0.717, 1.165) is 19.3 Å². The zero-order chi connectivity index (χ0) is 10.6. The Bertz CT molecular complexity index is 196. The van der Waals surface area contributed by atoms with Gasteiger partial charge in [-0.25, -0.2) is 0 Å². The summed E-state index contributed by atoms with van der Waals surface area (Å²) in [6, 6.07) is 0. The lowest BCUT2D eigenvalue weighted by Crippen LogP contribution is -2.21. The Labute approximate surface area is 87.3 Å². The highest BCUT2D eigenvalue weighted by molar-refractivity contribution is 4.84. The predicted octanol–water partition coefficient (Wildman–Crippen LogP) is 3.27. The van der Waals surface area contributed by atoms with E-state index in [9.17, 15) is 0 Å². The van der Waals surface area contributed by atoms with Crippen LogP contribution >= 0.6 is 0 Å². The molecule has 0 saturated carbocycles. The van der Waals surface area contributed by atoms with E-state index >= 15 is 0 Å².